The molecule has 2 N–H and O–H groups in total. The number of nitrogens with one attached hydrogen (secondary N) is 2. The van der Waals surface area contributed by atoms with Crippen molar-refractivity contribution in [1.82, 2.24) is 8.97 Å². The van der Waals surface area contributed by atoms with Crippen LogP contribution in [0.25, 0.3) is 27.8 Å². The number of fused-ring (bicyclic) bond motifs is 3. The Bertz CT molecular complexity index is 2020. The third-order valence-electron chi connectivity index (χ3n) is 7.03. The van der Waals surface area contributed by atoms with Crippen LogP contribution in [0.2, 0.25) is 0 Å². The minimum Gasteiger partial charge on any atom is -0.325 e. The van der Waals surface area contributed by atoms with Crippen molar-refractivity contribution in [3.8, 4) is 17.2 Å². The molecule has 5 aromatic rings. The molecular weight excluding hydrogens is 559 g/mol. The van der Waals surface area contributed by atoms with Crippen LogP contribution in [-0.4, -0.2) is 20.8 Å². The number of anilines is 2. The number of carbonyl (C=O) groups excluding carboxylic acids is 2. The normalized spacial score (nSPS) is 11.3. The van der Waals surface area contributed by atoms with E-state index in [1.807, 2.05) is 0 Å². The second-order valence-corrected chi connectivity index (χ2v) is 9.60. The molecule has 2 amide bonds. The number of nitrogens with zero attached hydrogens (tertiary/aromatic N) is 3. The summed E-state index contributed by atoms with van der Waals surface area (Å²) in [6.07, 6.45) is -3.12. The molecule has 0 atom stereocenters. The smallest absolute Gasteiger partial charge is 0.325 e. The molecule has 0 fully saturated rings. The highest BCUT2D eigenvalue weighted by atomic mass is 19.4. The Balaban J connectivity index is 1.70. The van der Waals surface area contributed by atoms with Gasteiger partial charge in [0, 0.05) is 16.9 Å². The van der Waals surface area contributed by atoms with Gasteiger partial charge in [0.2, 0.25) is 11.8 Å². The SMILES string of the molecule is C=CC(=O)Nc1ccccc1-c1c(CC)c(C#N)c2n(CC(=O)Nc3ccc(C(F)(F)F)cc3)c3ccccc3n2c1=O. The van der Waals surface area contributed by atoms with E-state index >= 15 is 0 Å². The summed E-state index contributed by atoms with van der Waals surface area (Å²) in [5.41, 5.74) is 1.60. The second-order valence-electron chi connectivity index (χ2n) is 9.60. The number of halogens is 3. The highest BCUT2D eigenvalue weighted by Crippen LogP contribution is 2.34. The third-order valence-corrected chi connectivity index (χ3v) is 7.03. The Morgan fingerprint density at radius 3 is 2.26 bits per heavy atom. The zero-order chi connectivity index (χ0) is 30.9. The maximum absolute atomic E-state index is 14.3. The van der Waals surface area contributed by atoms with Crippen LogP contribution in [0, 0.1) is 11.3 Å². The van der Waals surface area contributed by atoms with Gasteiger partial charge in [-0.05, 0) is 60.5 Å². The molecule has 43 heavy (non-hydrogen) atoms. The Labute approximate surface area is 243 Å². The molecule has 0 spiro atoms. The summed E-state index contributed by atoms with van der Waals surface area (Å²) in [4.78, 5) is 39.7. The molecule has 2 aromatic heterocycles. The van der Waals surface area contributed by atoms with Gasteiger partial charge in [-0.1, -0.05) is 43.8 Å². The first kappa shape index (κ1) is 28.9. The van der Waals surface area contributed by atoms with Gasteiger partial charge in [-0.25, -0.2) is 0 Å². The van der Waals surface area contributed by atoms with E-state index in [4.69, 9.17) is 0 Å². The Morgan fingerprint density at radius 2 is 1.63 bits per heavy atom. The number of aromatic nitrogens is 2. The van der Waals surface area contributed by atoms with Crippen LogP contribution in [0.3, 0.4) is 0 Å². The molecule has 0 saturated heterocycles. The molecular formula is C32H24F3N5O3. The fourth-order valence-electron chi connectivity index (χ4n) is 5.17. The van der Waals surface area contributed by atoms with E-state index in [9.17, 15) is 32.8 Å². The van der Waals surface area contributed by atoms with E-state index in [1.165, 1.54) is 4.40 Å². The molecule has 11 heteroatoms. The van der Waals surface area contributed by atoms with E-state index in [2.05, 4.69) is 23.3 Å². The quantitative estimate of drug-likeness (QED) is 0.225. The van der Waals surface area contributed by atoms with Crippen molar-refractivity contribution in [2.75, 3.05) is 10.6 Å². The number of amides is 2. The number of benzene rings is 3. The molecule has 5 rings (SSSR count). The van der Waals surface area contributed by atoms with E-state index in [0.29, 0.717) is 27.8 Å². The largest absolute Gasteiger partial charge is 0.416 e. The van der Waals surface area contributed by atoms with Gasteiger partial charge in [0.05, 0.1) is 27.7 Å². The van der Waals surface area contributed by atoms with Crippen LogP contribution >= 0.6 is 0 Å². The predicted molar refractivity (Wildman–Crippen MR) is 158 cm³/mol. The summed E-state index contributed by atoms with van der Waals surface area (Å²) < 4.78 is 41.8. The van der Waals surface area contributed by atoms with Crippen LogP contribution in [0.4, 0.5) is 24.5 Å². The minimum atomic E-state index is -4.51. The molecule has 0 bridgehead atoms. The molecule has 3 aromatic carbocycles. The molecule has 0 aliphatic rings. The van der Waals surface area contributed by atoms with Gasteiger partial charge in [-0.3, -0.25) is 18.8 Å². The van der Waals surface area contributed by atoms with Crippen LogP contribution in [-0.2, 0) is 28.7 Å². The summed E-state index contributed by atoms with van der Waals surface area (Å²) in [7, 11) is 0. The number of alkyl halides is 3. The molecule has 0 aliphatic heterocycles. The van der Waals surface area contributed by atoms with Crippen LogP contribution in [0.1, 0.15) is 23.6 Å². The maximum atomic E-state index is 14.3. The number of hydrogen-bond donors (Lipinski definition) is 2. The summed E-state index contributed by atoms with van der Waals surface area (Å²) in [5.74, 6) is -1.04. The lowest BCUT2D eigenvalue weighted by Crippen LogP contribution is -2.23. The Hall–Kier alpha value is -5.63. The van der Waals surface area contributed by atoms with Gasteiger partial charge in [0.25, 0.3) is 5.56 Å². The van der Waals surface area contributed by atoms with E-state index in [-0.39, 0.29) is 35.4 Å². The fraction of sp³-hybridized carbons (Fsp3) is 0.125. The van der Waals surface area contributed by atoms with Crippen LogP contribution in [0.5, 0.6) is 0 Å². The second kappa shape index (κ2) is 11.3. The molecule has 216 valence electrons. The summed E-state index contributed by atoms with van der Waals surface area (Å²) in [6.45, 7) is 4.94. The minimum absolute atomic E-state index is 0.158. The molecule has 0 radical (unpaired) electrons. The number of pyridine rings is 1. The lowest BCUT2D eigenvalue weighted by atomic mass is 9.94. The van der Waals surface area contributed by atoms with Crippen molar-refractivity contribution in [3.63, 3.8) is 0 Å². The van der Waals surface area contributed by atoms with Crippen LogP contribution in [0.15, 0.2) is 90.2 Å². The van der Waals surface area contributed by atoms with Crippen molar-refractivity contribution in [2.24, 2.45) is 0 Å². The number of hydrogen-bond acceptors (Lipinski definition) is 4. The van der Waals surface area contributed by atoms with Gasteiger partial charge in [0.15, 0.2) is 0 Å². The zero-order valence-electron chi connectivity index (χ0n) is 22.8. The van der Waals surface area contributed by atoms with Gasteiger partial charge < -0.3 is 15.2 Å². The average molecular weight is 584 g/mol. The van der Waals surface area contributed by atoms with Crippen molar-refractivity contribution in [3.05, 3.63) is 112 Å². The topological polar surface area (TPSA) is 108 Å². The lowest BCUT2D eigenvalue weighted by molar-refractivity contribution is -0.137. The fourth-order valence-corrected chi connectivity index (χ4v) is 5.17. The first-order valence-corrected chi connectivity index (χ1v) is 13.2. The first-order valence-electron chi connectivity index (χ1n) is 13.2. The maximum Gasteiger partial charge on any atom is 0.416 e. The van der Waals surface area contributed by atoms with E-state index in [0.717, 1.165) is 30.3 Å². The number of carbonyl (C=O) groups is 2. The van der Waals surface area contributed by atoms with Gasteiger partial charge in [0.1, 0.15) is 18.3 Å². The molecule has 0 saturated carbocycles. The van der Waals surface area contributed by atoms with Crippen molar-refractivity contribution < 1.29 is 22.8 Å². The van der Waals surface area contributed by atoms with E-state index in [1.54, 1.807) is 60.0 Å². The summed E-state index contributed by atoms with van der Waals surface area (Å²) >= 11 is 0. The molecule has 0 aliphatic carbocycles. The summed E-state index contributed by atoms with van der Waals surface area (Å²) in [5, 5.41) is 15.7. The number of para-hydroxylation sites is 3. The monoisotopic (exact) mass is 583 g/mol. The molecule has 8 nitrogen and oxygen atoms in total. The van der Waals surface area contributed by atoms with Gasteiger partial charge in [-0.15, -0.1) is 0 Å². The predicted octanol–water partition coefficient (Wildman–Crippen LogP) is 6.14. The number of nitriles is 1. The average Bonchev–Trinajstić information content (AvgIpc) is 3.31. The first-order chi connectivity index (χ1) is 20.6. The van der Waals surface area contributed by atoms with Crippen molar-refractivity contribution >= 4 is 39.9 Å². The lowest BCUT2D eigenvalue weighted by Gasteiger charge is -2.16. The van der Waals surface area contributed by atoms with Gasteiger partial charge >= 0.3 is 6.18 Å². The number of rotatable bonds is 7. The standard InChI is InChI=1S/C32H24F3N5O3/c1-3-21-23(17-36)30-39(18-28(42)37-20-15-13-19(14-16-20)32(33,34)35)25-11-7-8-12-26(25)40(30)31(43)29(21)22-9-5-6-10-24(22)38-27(41)4-2/h4-16H,2-3,18H2,1H3,(H,37,42)(H,38,41). The zero-order valence-corrected chi connectivity index (χ0v) is 22.8. The van der Waals surface area contributed by atoms with Crippen LogP contribution < -0.4 is 16.2 Å². The molecule has 0 unspecified atom stereocenters. The Kier molecular flexibility index (Phi) is 7.61. The van der Waals surface area contributed by atoms with Gasteiger partial charge in [-0.2, -0.15) is 18.4 Å². The highest BCUT2D eigenvalue weighted by Gasteiger charge is 2.30. The highest BCUT2D eigenvalue weighted by molar-refractivity contribution is 6.02. The summed E-state index contributed by atoms with van der Waals surface area (Å²) in [6, 6.07) is 19.9. The Morgan fingerprint density at radius 1 is 0.977 bits per heavy atom. The molecule has 2 heterocycles. The third kappa shape index (κ3) is 5.26. The number of imidazole rings is 1. The van der Waals surface area contributed by atoms with Crippen molar-refractivity contribution in [2.45, 2.75) is 26.1 Å². The van der Waals surface area contributed by atoms with Crippen molar-refractivity contribution in [1.29, 1.82) is 5.26 Å². The van der Waals surface area contributed by atoms with E-state index < -0.39 is 29.1 Å².